The van der Waals surface area contributed by atoms with Crippen LogP contribution in [0.3, 0.4) is 0 Å². The second-order valence-corrected chi connectivity index (χ2v) is 9.07. The minimum absolute atomic E-state index is 0.1000. The summed E-state index contributed by atoms with van der Waals surface area (Å²) >= 11 is 5.92. The number of ether oxygens (including phenoxy) is 1. The number of hydrogen-bond donors (Lipinski definition) is 2. The summed E-state index contributed by atoms with van der Waals surface area (Å²) in [7, 11) is 0. The number of nitrogens with one attached hydrogen (secondary N) is 2. The van der Waals surface area contributed by atoms with Gasteiger partial charge in [0.1, 0.15) is 5.75 Å². The second kappa shape index (κ2) is 11.7. The Labute approximate surface area is 215 Å². The lowest BCUT2D eigenvalue weighted by atomic mass is 10.1. The van der Waals surface area contributed by atoms with E-state index in [0.29, 0.717) is 35.2 Å². The fourth-order valence-electron chi connectivity index (χ4n) is 3.99. The molecule has 1 atom stereocenters. The van der Waals surface area contributed by atoms with Crippen molar-refractivity contribution < 1.29 is 19.1 Å². The van der Waals surface area contributed by atoms with Gasteiger partial charge >= 0.3 is 0 Å². The summed E-state index contributed by atoms with van der Waals surface area (Å²) in [6, 6.07) is 21.9. The first-order valence-corrected chi connectivity index (χ1v) is 12.2. The van der Waals surface area contributed by atoms with Gasteiger partial charge in [-0.3, -0.25) is 14.4 Å². The molecule has 186 valence electrons. The van der Waals surface area contributed by atoms with E-state index >= 15 is 0 Å². The highest BCUT2D eigenvalue weighted by atomic mass is 35.5. The van der Waals surface area contributed by atoms with Crippen LogP contribution in [-0.4, -0.2) is 30.9 Å². The maximum absolute atomic E-state index is 12.7. The Morgan fingerprint density at radius 3 is 2.44 bits per heavy atom. The normalized spacial score (nSPS) is 15.0. The molecule has 7 nitrogen and oxygen atoms in total. The van der Waals surface area contributed by atoms with E-state index in [1.165, 1.54) is 5.56 Å². The van der Waals surface area contributed by atoms with Crippen molar-refractivity contribution in [2.45, 2.75) is 26.3 Å². The van der Waals surface area contributed by atoms with Crippen molar-refractivity contribution in [2.75, 3.05) is 23.4 Å². The molecule has 3 aromatic carbocycles. The van der Waals surface area contributed by atoms with Gasteiger partial charge < -0.3 is 20.3 Å². The lowest BCUT2D eigenvalue weighted by molar-refractivity contribution is -0.126. The van der Waals surface area contributed by atoms with Crippen molar-refractivity contribution >= 4 is 40.7 Å². The number of nitrogens with zero attached hydrogens (tertiary/aromatic N) is 1. The van der Waals surface area contributed by atoms with Crippen LogP contribution in [0.2, 0.25) is 5.02 Å². The smallest absolute Gasteiger partial charge is 0.262 e. The predicted octanol–water partition coefficient (Wildman–Crippen LogP) is 4.59. The second-order valence-electron chi connectivity index (χ2n) is 8.63. The molecule has 36 heavy (non-hydrogen) atoms. The van der Waals surface area contributed by atoms with Crippen LogP contribution in [0.15, 0.2) is 72.8 Å². The van der Waals surface area contributed by atoms with E-state index in [1.807, 2.05) is 12.1 Å². The zero-order valence-electron chi connectivity index (χ0n) is 20.0. The van der Waals surface area contributed by atoms with Crippen molar-refractivity contribution in [2.24, 2.45) is 5.92 Å². The summed E-state index contributed by atoms with van der Waals surface area (Å²) in [5.74, 6) is -0.451. The molecule has 1 aliphatic rings. The van der Waals surface area contributed by atoms with E-state index in [-0.39, 0.29) is 30.7 Å². The molecule has 0 bridgehead atoms. The maximum atomic E-state index is 12.7. The van der Waals surface area contributed by atoms with Crippen molar-refractivity contribution in [3.05, 3.63) is 88.9 Å². The van der Waals surface area contributed by atoms with Crippen molar-refractivity contribution in [3.8, 4) is 5.75 Å². The third-order valence-corrected chi connectivity index (χ3v) is 6.26. The van der Waals surface area contributed by atoms with E-state index in [9.17, 15) is 14.4 Å². The van der Waals surface area contributed by atoms with Gasteiger partial charge in [0, 0.05) is 35.9 Å². The van der Waals surface area contributed by atoms with E-state index in [1.54, 1.807) is 53.4 Å². The van der Waals surface area contributed by atoms with Crippen LogP contribution < -0.4 is 20.3 Å². The van der Waals surface area contributed by atoms with Crippen LogP contribution in [0.5, 0.6) is 5.75 Å². The van der Waals surface area contributed by atoms with Gasteiger partial charge in [0.2, 0.25) is 11.8 Å². The molecule has 1 saturated heterocycles. The van der Waals surface area contributed by atoms with E-state index in [4.69, 9.17) is 16.3 Å². The predicted molar refractivity (Wildman–Crippen MR) is 140 cm³/mol. The maximum Gasteiger partial charge on any atom is 0.262 e. The Bertz CT molecular complexity index is 1230. The molecule has 0 aromatic heterocycles. The number of carbonyl (C=O) groups is 3. The molecular formula is C28H28ClN3O4. The first kappa shape index (κ1) is 25.3. The molecule has 0 saturated carbocycles. The van der Waals surface area contributed by atoms with Crippen molar-refractivity contribution in [1.82, 2.24) is 5.32 Å². The number of halogens is 1. The molecular weight excluding hydrogens is 478 g/mol. The molecule has 8 heteroatoms. The van der Waals surface area contributed by atoms with Gasteiger partial charge in [0.25, 0.3) is 5.91 Å². The van der Waals surface area contributed by atoms with Crippen LogP contribution in [0, 0.1) is 5.92 Å². The molecule has 3 amide bonds. The SMILES string of the molecule is CCc1ccc(CNC(=O)[C@@H]2CC(=O)N(c3ccc(OCC(=O)Nc4cccc(Cl)c4)cc3)C2)cc1. The van der Waals surface area contributed by atoms with Crippen molar-refractivity contribution in [1.29, 1.82) is 0 Å². The lowest BCUT2D eigenvalue weighted by Crippen LogP contribution is -2.32. The van der Waals surface area contributed by atoms with E-state index in [2.05, 4.69) is 29.7 Å². The van der Waals surface area contributed by atoms with Crippen LogP contribution in [-0.2, 0) is 27.3 Å². The molecule has 0 spiro atoms. The van der Waals surface area contributed by atoms with Crippen LogP contribution in [0.4, 0.5) is 11.4 Å². The summed E-state index contributed by atoms with van der Waals surface area (Å²) in [4.78, 5) is 39.0. The quantitative estimate of drug-likeness (QED) is 0.445. The highest BCUT2D eigenvalue weighted by molar-refractivity contribution is 6.30. The lowest BCUT2D eigenvalue weighted by Gasteiger charge is -2.17. The zero-order chi connectivity index (χ0) is 25.5. The summed E-state index contributed by atoms with van der Waals surface area (Å²) in [5, 5.41) is 6.19. The van der Waals surface area contributed by atoms with Crippen LogP contribution in [0.1, 0.15) is 24.5 Å². The molecule has 4 rings (SSSR count). The standard InChI is InChI=1S/C28H28ClN3O4/c1-2-19-6-8-20(9-7-19)16-30-28(35)21-14-27(34)32(17-21)24-10-12-25(13-11-24)36-18-26(33)31-23-5-3-4-22(29)15-23/h3-13,15,21H,2,14,16-18H2,1H3,(H,30,35)(H,31,33)/t21-/m1/s1. The number of carbonyl (C=O) groups excluding carboxylic acids is 3. The number of aryl methyl sites for hydroxylation is 1. The number of anilines is 2. The highest BCUT2D eigenvalue weighted by Gasteiger charge is 2.35. The zero-order valence-corrected chi connectivity index (χ0v) is 20.8. The van der Waals surface area contributed by atoms with Crippen molar-refractivity contribution in [3.63, 3.8) is 0 Å². The third-order valence-electron chi connectivity index (χ3n) is 6.02. The Kier molecular flexibility index (Phi) is 8.23. The molecule has 0 unspecified atom stereocenters. The highest BCUT2D eigenvalue weighted by Crippen LogP contribution is 2.27. The summed E-state index contributed by atoms with van der Waals surface area (Å²) in [6.07, 6.45) is 1.14. The molecule has 3 aromatic rings. The Morgan fingerprint density at radius 2 is 1.75 bits per heavy atom. The molecule has 1 heterocycles. The monoisotopic (exact) mass is 505 g/mol. The minimum atomic E-state index is -0.404. The number of rotatable bonds is 9. The molecule has 1 aliphatic heterocycles. The number of benzene rings is 3. The molecule has 2 N–H and O–H groups in total. The molecule has 0 aliphatic carbocycles. The molecule has 1 fully saturated rings. The Morgan fingerprint density at radius 1 is 1.03 bits per heavy atom. The number of amides is 3. The average Bonchev–Trinajstić information content (AvgIpc) is 3.28. The minimum Gasteiger partial charge on any atom is -0.484 e. The summed E-state index contributed by atoms with van der Waals surface area (Å²) in [6.45, 7) is 2.69. The van der Waals surface area contributed by atoms with Gasteiger partial charge in [-0.05, 0) is 60.0 Å². The first-order valence-electron chi connectivity index (χ1n) is 11.9. The van der Waals surface area contributed by atoms with Gasteiger partial charge in [-0.2, -0.15) is 0 Å². The largest absolute Gasteiger partial charge is 0.484 e. The van der Waals surface area contributed by atoms with Gasteiger partial charge in [-0.1, -0.05) is 48.9 Å². The number of hydrogen-bond acceptors (Lipinski definition) is 4. The molecule has 0 radical (unpaired) electrons. The fourth-order valence-corrected chi connectivity index (χ4v) is 4.18. The van der Waals surface area contributed by atoms with Gasteiger partial charge in [0.15, 0.2) is 6.61 Å². The van der Waals surface area contributed by atoms with Gasteiger partial charge in [0.05, 0.1) is 5.92 Å². The van der Waals surface area contributed by atoms with E-state index < -0.39 is 5.92 Å². The average molecular weight is 506 g/mol. The van der Waals surface area contributed by atoms with E-state index in [0.717, 1.165) is 12.0 Å². The summed E-state index contributed by atoms with van der Waals surface area (Å²) < 4.78 is 5.55. The Hall–Kier alpha value is -3.84. The topological polar surface area (TPSA) is 87.7 Å². The summed E-state index contributed by atoms with van der Waals surface area (Å²) in [5.41, 5.74) is 3.55. The van der Waals surface area contributed by atoms with Crippen LogP contribution >= 0.6 is 11.6 Å². The van der Waals surface area contributed by atoms with Gasteiger partial charge in [-0.25, -0.2) is 0 Å². The van der Waals surface area contributed by atoms with Crippen LogP contribution in [0.25, 0.3) is 0 Å². The van der Waals surface area contributed by atoms with Gasteiger partial charge in [-0.15, -0.1) is 0 Å². The fraction of sp³-hybridized carbons (Fsp3) is 0.250. The Balaban J connectivity index is 1.26. The third kappa shape index (κ3) is 6.64. The first-order chi connectivity index (χ1) is 17.4.